The van der Waals surface area contributed by atoms with Crippen molar-refractivity contribution in [3.63, 3.8) is 0 Å². The van der Waals surface area contributed by atoms with E-state index in [4.69, 9.17) is 0 Å². The van der Waals surface area contributed by atoms with Crippen molar-refractivity contribution in [3.05, 3.63) is 53.4 Å². The van der Waals surface area contributed by atoms with Gasteiger partial charge in [0.2, 0.25) is 5.95 Å². The molecule has 0 saturated heterocycles. The van der Waals surface area contributed by atoms with Crippen LogP contribution in [0.2, 0.25) is 0 Å². The average Bonchev–Trinajstić information content (AvgIpc) is 3.12. The number of nitrogens with one attached hydrogen (secondary N) is 1. The van der Waals surface area contributed by atoms with Gasteiger partial charge in [0.05, 0.1) is 4.88 Å². The van der Waals surface area contributed by atoms with E-state index in [-0.39, 0.29) is 5.95 Å². The van der Waals surface area contributed by atoms with E-state index >= 15 is 0 Å². The Kier molecular flexibility index (Phi) is 5.75. The van der Waals surface area contributed by atoms with Crippen LogP contribution in [0.4, 0.5) is 24.8 Å². The van der Waals surface area contributed by atoms with Gasteiger partial charge in [-0.2, -0.15) is 13.2 Å². The molecule has 1 saturated carbocycles. The Morgan fingerprint density at radius 2 is 1.80 bits per heavy atom. The van der Waals surface area contributed by atoms with Gasteiger partial charge in [-0.25, -0.2) is 15.0 Å². The highest BCUT2D eigenvalue weighted by molar-refractivity contribution is 7.15. The van der Waals surface area contributed by atoms with Crippen LogP contribution in [-0.4, -0.2) is 20.1 Å². The van der Waals surface area contributed by atoms with Crippen LogP contribution in [0.15, 0.2) is 42.7 Å². The molecule has 0 spiro atoms. The van der Waals surface area contributed by atoms with Crippen LogP contribution < -0.4 is 5.32 Å². The lowest BCUT2D eigenvalue weighted by molar-refractivity contribution is -0.141. The van der Waals surface area contributed by atoms with Gasteiger partial charge < -0.3 is 10.4 Å². The number of hydrogen-bond acceptors (Lipinski definition) is 6. The molecule has 158 valence electrons. The van der Waals surface area contributed by atoms with E-state index in [0.717, 1.165) is 53.4 Å². The maximum Gasteiger partial charge on any atom is 0.433 e. The summed E-state index contributed by atoms with van der Waals surface area (Å²) in [6.45, 7) is 0. The van der Waals surface area contributed by atoms with Crippen LogP contribution in [0.5, 0.6) is 0 Å². The molecule has 0 atom stereocenters. The van der Waals surface area contributed by atoms with Gasteiger partial charge in [0, 0.05) is 18.1 Å². The highest BCUT2D eigenvalue weighted by Gasteiger charge is 2.34. The molecular formula is C21H21F3N4OS. The van der Waals surface area contributed by atoms with Gasteiger partial charge in [0.25, 0.3) is 0 Å². The van der Waals surface area contributed by atoms with E-state index < -0.39 is 17.5 Å². The highest BCUT2D eigenvalue weighted by Crippen LogP contribution is 2.40. The van der Waals surface area contributed by atoms with Gasteiger partial charge >= 0.3 is 6.18 Å². The van der Waals surface area contributed by atoms with E-state index in [9.17, 15) is 18.3 Å². The van der Waals surface area contributed by atoms with Crippen LogP contribution in [-0.2, 0) is 11.8 Å². The molecule has 30 heavy (non-hydrogen) atoms. The molecular weight excluding hydrogens is 413 g/mol. The van der Waals surface area contributed by atoms with Crippen molar-refractivity contribution in [2.75, 3.05) is 5.32 Å². The number of aliphatic hydroxyl groups is 1. The zero-order valence-corrected chi connectivity index (χ0v) is 16.9. The van der Waals surface area contributed by atoms with Crippen LogP contribution >= 0.6 is 11.3 Å². The molecule has 2 aromatic heterocycles. The zero-order valence-electron chi connectivity index (χ0n) is 16.1. The maximum atomic E-state index is 12.9. The van der Waals surface area contributed by atoms with Crippen molar-refractivity contribution in [2.45, 2.75) is 50.3 Å². The SMILES string of the molecule is OC1(c2ncc(-c3cccc(Nc4nccc(C(F)(F)F)n4)c3)s2)CCCCCC1. The third-order valence-electron chi connectivity index (χ3n) is 5.18. The molecule has 4 rings (SSSR count). The smallest absolute Gasteiger partial charge is 0.383 e. The minimum absolute atomic E-state index is 0.125. The lowest BCUT2D eigenvalue weighted by atomic mass is 9.95. The topological polar surface area (TPSA) is 70.9 Å². The van der Waals surface area contributed by atoms with E-state index in [0.29, 0.717) is 18.5 Å². The molecule has 0 aliphatic heterocycles. The number of benzene rings is 1. The minimum Gasteiger partial charge on any atom is -0.383 e. The minimum atomic E-state index is -4.53. The van der Waals surface area contributed by atoms with Crippen LogP contribution in [0.3, 0.4) is 0 Å². The number of nitrogens with zero attached hydrogens (tertiary/aromatic N) is 3. The number of hydrogen-bond donors (Lipinski definition) is 2. The Bertz CT molecular complexity index is 1010. The maximum absolute atomic E-state index is 12.9. The zero-order chi connectivity index (χ0) is 21.2. The molecule has 1 aliphatic carbocycles. The molecule has 3 aromatic rings. The van der Waals surface area contributed by atoms with Crippen LogP contribution in [0.25, 0.3) is 10.4 Å². The molecule has 1 fully saturated rings. The first-order chi connectivity index (χ1) is 14.3. The first-order valence-electron chi connectivity index (χ1n) is 9.80. The number of aromatic nitrogens is 3. The molecule has 0 bridgehead atoms. The van der Waals surface area contributed by atoms with Gasteiger partial charge in [0.1, 0.15) is 16.3 Å². The van der Waals surface area contributed by atoms with Gasteiger partial charge in [0.15, 0.2) is 0 Å². The van der Waals surface area contributed by atoms with Crippen molar-refractivity contribution < 1.29 is 18.3 Å². The van der Waals surface area contributed by atoms with Crippen molar-refractivity contribution in [1.82, 2.24) is 15.0 Å². The Hall–Kier alpha value is -2.52. The number of thiazole rings is 1. The molecule has 0 radical (unpaired) electrons. The van der Waals surface area contributed by atoms with E-state index in [1.165, 1.54) is 11.3 Å². The highest BCUT2D eigenvalue weighted by atomic mass is 32.1. The van der Waals surface area contributed by atoms with Gasteiger partial charge in [-0.1, -0.05) is 37.8 Å². The summed E-state index contributed by atoms with van der Waals surface area (Å²) < 4.78 is 38.6. The molecule has 2 heterocycles. The summed E-state index contributed by atoms with van der Waals surface area (Å²) in [6, 6.07) is 8.06. The van der Waals surface area contributed by atoms with Crippen molar-refractivity contribution in [3.8, 4) is 10.4 Å². The molecule has 0 amide bonds. The standard InChI is InChI=1S/C21H21F3N4OS/c22-21(23,24)17-8-11-25-19(28-17)27-15-7-5-6-14(12-15)16-13-26-18(30-16)20(29)9-3-1-2-4-10-20/h5-8,11-13,29H,1-4,9-10H2,(H,25,27,28). The third-order valence-corrected chi connectivity index (χ3v) is 6.42. The second-order valence-corrected chi connectivity index (χ2v) is 8.48. The fourth-order valence-electron chi connectivity index (χ4n) is 3.61. The van der Waals surface area contributed by atoms with E-state index in [1.54, 1.807) is 24.4 Å². The Morgan fingerprint density at radius 1 is 1.03 bits per heavy atom. The van der Waals surface area contributed by atoms with Crippen LogP contribution in [0, 0.1) is 0 Å². The predicted molar refractivity (Wildman–Crippen MR) is 109 cm³/mol. The van der Waals surface area contributed by atoms with Crippen LogP contribution in [0.1, 0.15) is 49.2 Å². The summed E-state index contributed by atoms with van der Waals surface area (Å²) >= 11 is 1.45. The first kappa shape index (κ1) is 20.7. The summed E-state index contributed by atoms with van der Waals surface area (Å²) in [4.78, 5) is 12.8. The Morgan fingerprint density at radius 3 is 2.53 bits per heavy atom. The second kappa shape index (κ2) is 8.31. The predicted octanol–water partition coefficient (Wildman–Crippen LogP) is 5.90. The number of halogens is 3. The fourth-order valence-corrected chi connectivity index (χ4v) is 4.66. The molecule has 0 unspecified atom stereocenters. The summed E-state index contributed by atoms with van der Waals surface area (Å²) in [6.07, 6.45) is 3.95. The molecule has 1 aromatic carbocycles. The molecule has 1 aliphatic rings. The summed E-state index contributed by atoms with van der Waals surface area (Å²) in [5.41, 5.74) is -0.455. The normalized spacial score (nSPS) is 16.8. The molecule has 9 heteroatoms. The van der Waals surface area contributed by atoms with E-state index in [1.807, 2.05) is 6.07 Å². The lowest BCUT2D eigenvalue weighted by Gasteiger charge is -2.23. The van der Waals surface area contributed by atoms with Crippen molar-refractivity contribution in [2.24, 2.45) is 0 Å². The number of anilines is 2. The first-order valence-corrected chi connectivity index (χ1v) is 10.6. The average molecular weight is 434 g/mol. The van der Waals surface area contributed by atoms with Crippen molar-refractivity contribution >= 4 is 23.0 Å². The largest absolute Gasteiger partial charge is 0.433 e. The van der Waals surface area contributed by atoms with Gasteiger partial charge in [-0.3, -0.25) is 0 Å². The third kappa shape index (κ3) is 4.62. The molecule has 5 nitrogen and oxygen atoms in total. The summed E-state index contributed by atoms with van der Waals surface area (Å²) in [5, 5.41) is 14.6. The number of rotatable bonds is 4. The number of alkyl halides is 3. The monoisotopic (exact) mass is 434 g/mol. The van der Waals surface area contributed by atoms with Gasteiger partial charge in [-0.05, 0) is 36.6 Å². The summed E-state index contributed by atoms with van der Waals surface area (Å²) in [5.74, 6) is -0.125. The summed E-state index contributed by atoms with van der Waals surface area (Å²) in [7, 11) is 0. The lowest BCUT2D eigenvalue weighted by Crippen LogP contribution is -2.24. The van der Waals surface area contributed by atoms with E-state index in [2.05, 4.69) is 20.3 Å². The van der Waals surface area contributed by atoms with Gasteiger partial charge in [-0.15, -0.1) is 11.3 Å². The quantitative estimate of drug-likeness (QED) is 0.500. The molecule has 2 N–H and O–H groups in total. The Labute approximate surface area is 176 Å². The Balaban J connectivity index is 1.55. The second-order valence-electron chi connectivity index (χ2n) is 7.44. The fraction of sp³-hybridized carbons (Fsp3) is 0.381. The van der Waals surface area contributed by atoms with Crippen molar-refractivity contribution in [1.29, 1.82) is 0 Å².